The van der Waals surface area contributed by atoms with Gasteiger partial charge < -0.3 is 10.2 Å². The Bertz CT molecular complexity index is 1030. The molecule has 0 saturated carbocycles. The Hall–Kier alpha value is -2.71. The van der Waals surface area contributed by atoms with Crippen LogP contribution < -0.4 is 10.0 Å². The molecule has 2 aromatic rings. The lowest BCUT2D eigenvalue weighted by atomic mass is 9.92. The predicted octanol–water partition coefficient (Wildman–Crippen LogP) is 2.57. The number of hydrogen-bond acceptors (Lipinski definition) is 4. The van der Waals surface area contributed by atoms with Crippen LogP contribution in [-0.4, -0.2) is 45.8 Å². The highest BCUT2D eigenvalue weighted by atomic mass is 32.2. The van der Waals surface area contributed by atoms with Gasteiger partial charge in [0, 0.05) is 38.3 Å². The first-order valence-electron chi connectivity index (χ1n) is 9.99. The van der Waals surface area contributed by atoms with Crippen LogP contribution in [0.5, 0.6) is 0 Å². The van der Waals surface area contributed by atoms with E-state index in [-0.39, 0.29) is 29.7 Å². The number of nitrogens with zero attached hydrogens (tertiary/aromatic N) is 1. The van der Waals surface area contributed by atoms with Gasteiger partial charge in [-0.15, -0.1) is 0 Å². The van der Waals surface area contributed by atoms with E-state index in [0.29, 0.717) is 11.3 Å². The van der Waals surface area contributed by atoms with Crippen LogP contribution >= 0.6 is 0 Å². The Morgan fingerprint density at radius 3 is 2.30 bits per heavy atom. The van der Waals surface area contributed by atoms with Gasteiger partial charge in [-0.2, -0.15) is 0 Å². The van der Waals surface area contributed by atoms with Crippen LogP contribution in [0.15, 0.2) is 47.4 Å². The van der Waals surface area contributed by atoms with E-state index in [0.717, 1.165) is 31.2 Å². The van der Waals surface area contributed by atoms with E-state index in [1.54, 1.807) is 50.5 Å². The van der Waals surface area contributed by atoms with Gasteiger partial charge in [0.25, 0.3) is 5.91 Å². The molecule has 1 aliphatic carbocycles. The van der Waals surface area contributed by atoms with Gasteiger partial charge in [-0.1, -0.05) is 6.07 Å². The minimum absolute atomic E-state index is 0.00243. The summed E-state index contributed by atoms with van der Waals surface area (Å²) in [4.78, 5) is 25.7. The van der Waals surface area contributed by atoms with E-state index in [1.165, 1.54) is 10.5 Å². The fourth-order valence-electron chi connectivity index (χ4n) is 3.44. The first kappa shape index (κ1) is 22.0. The molecule has 8 heteroatoms. The lowest BCUT2D eigenvalue weighted by Gasteiger charge is -2.16. The Balaban J connectivity index is 1.52. The molecule has 0 aromatic heterocycles. The van der Waals surface area contributed by atoms with Crippen LogP contribution in [0.25, 0.3) is 0 Å². The Morgan fingerprint density at radius 2 is 1.63 bits per heavy atom. The average Bonchev–Trinajstić information content (AvgIpc) is 2.73. The number of carbonyl (C=O) groups is 2. The molecule has 0 heterocycles. The molecular weight excluding hydrogens is 402 g/mol. The van der Waals surface area contributed by atoms with Gasteiger partial charge in [-0.05, 0) is 73.2 Å². The van der Waals surface area contributed by atoms with E-state index in [4.69, 9.17) is 0 Å². The third-order valence-corrected chi connectivity index (χ3v) is 6.55. The summed E-state index contributed by atoms with van der Waals surface area (Å²) in [5, 5.41) is 2.71. The van der Waals surface area contributed by atoms with Gasteiger partial charge in [0.1, 0.15) is 0 Å². The van der Waals surface area contributed by atoms with Gasteiger partial charge in [0.05, 0.1) is 4.90 Å². The number of carbonyl (C=O) groups excluding carboxylic acids is 2. The third-order valence-electron chi connectivity index (χ3n) is 5.10. The van der Waals surface area contributed by atoms with E-state index < -0.39 is 10.0 Å². The van der Waals surface area contributed by atoms with Crippen molar-refractivity contribution in [2.24, 2.45) is 0 Å². The fourth-order valence-corrected chi connectivity index (χ4v) is 4.52. The number of hydrogen-bond donors (Lipinski definition) is 2. The summed E-state index contributed by atoms with van der Waals surface area (Å²) < 4.78 is 27.6. The topological polar surface area (TPSA) is 95.6 Å². The minimum atomic E-state index is -3.66. The maximum absolute atomic E-state index is 12.5. The van der Waals surface area contributed by atoms with Gasteiger partial charge in [-0.3, -0.25) is 9.59 Å². The number of benzene rings is 2. The molecule has 7 nitrogen and oxygen atoms in total. The van der Waals surface area contributed by atoms with Crippen molar-refractivity contribution in [3.8, 4) is 0 Å². The largest absolute Gasteiger partial charge is 0.345 e. The molecular formula is C22H27N3O4S. The zero-order chi connectivity index (χ0) is 21.7. The molecule has 160 valence electrons. The van der Waals surface area contributed by atoms with Crippen molar-refractivity contribution in [1.82, 2.24) is 9.62 Å². The summed E-state index contributed by atoms with van der Waals surface area (Å²) >= 11 is 0. The number of anilines is 1. The van der Waals surface area contributed by atoms with Crippen LogP contribution in [0, 0.1) is 0 Å². The van der Waals surface area contributed by atoms with E-state index >= 15 is 0 Å². The molecule has 30 heavy (non-hydrogen) atoms. The second kappa shape index (κ2) is 9.40. The van der Waals surface area contributed by atoms with E-state index in [1.807, 2.05) is 6.07 Å². The molecule has 0 saturated heterocycles. The van der Waals surface area contributed by atoms with Crippen molar-refractivity contribution >= 4 is 27.5 Å². The fraction of sp³-hybridized carbons (Fsp3) is 0.364. The number of fused-ring (bicyclic) bond motifs is 1. The number of amides is 2. The number of aryl methyl sites for hydroxylation is 2. The molecule has 3 rings (SSSR count). The predicted molar refractivity (Wildman–Crippen MR) is 116 cm³/mol. The molecule has 0 spiro atoms. The van der Waals surface area contributed by atoms with Gasteiger partial charge in [-0.25, -0.2) is 13.1 Å². The number of rotatable bonds is 7. The van der Waals surface area contributed by atoms with Crippen molar-refractivity contribution < 1.29 is 18.0 Å². The molecule has 2 aromatic carbocycles. The summed E-state index contributed by atoms with van der Waals surface area (Å²) in [5.74, 6) is -0.431. The zero-order valence-electron chi connectivity index (χ0n) is 17.3. The molecule has 0 unspecified atom stereocenters. The molecule has 0 fully saturated rings. The first-order valence-corrected chi connectivity index (χ1v) is 11.5. The zero-order valence-corrected chi connectivity index (χ0v) is 18.1. The van der Waals surface area contributed by atoms with E-state index in [9.17, 15) is 18.0 Å². The smallest absolute Gasteiger partial charge is 0.253 e. The summed E-state index contributed by atoms with van der Waals surface area (Å²) in [6, 6.07) is 11.8. The number of sulfonamides is 1. The highest BCUT2D eigenvalue weighted by molar-refractivity contribution is 7.89. The highest BCUT2D eigenvalue weighted by Gasteiger charge is 2.18. The van der Waals surface area contributed by atoms with Gasteiger partial charge >= 0.3 is 0 Å². The normalized spacial score (nSPS) is 13.4. The van der Waals surface area contributed by atoms with Crippen LogP contribution in [0.4, 0.5) is 5.69 Å². The molecule has 0 atom stereocenters. The summed E-state index contributed by atoms with van der Waals surface area (Å²) in [6.07, 6.45) is 4.12. The molecule has 0 aliphatic heterocycles. The molecule has 2 amide bonds. The van der Waals surface area contributed by atoms with Crippen LogP contribution in [-0.2, 0) is 27.7 Å². The number of nitrogens with one attached hydrogen (secondary N) is 2. The van der Waals surface area contributed by atoms with Crippen molar-refractivity contribution in [2.75, 3.05) is 26.0 Å². The quantitative estimate of drug-likeness (QED) is 0.707. The molecule has 1 aliphatic rings. The molecule has 0 bridgehead atoms. The van der Waals surface area contributed by atoms with Crippen molar-refractivity contribution in [3.63, 3.8) is 0 Å². The second-order valence-corrected chi connectivity index (χ2v) is 9.38. The standard InChI is InChI=1S/C22H27N3O4S/c1-25(2)22(27)17-7-10-19(11-8-17)24-21(26)13-14-23-30(28,29)20-12-9-16-5-3-4-6-18(16)15-20/h7-12,15,23H,3-6,13-14H2,1-2H3,(H,24,26). The van der Waals surface area contributed by atoms with Gasteiger partial charge in [0.2, 0.25) is 15.9 Å². The monoisotopic (exact) mass is 429 g/mol. The third kappa shape index (κ3) is 5.46. The van der Waals surface area contributed by atoms with E-state index in [2.05, 4.69) is 10.0 Å². The molecule has 0 radical (unpaired) electrons. The Morgan fingerprint density at radius 1 is 0.967 bits per heavy atom. The Labute approximate surface area is 177 Å². The lowest BCUT2D eigenvalue weighted by Crippen LogP contribution is -2.28. The molecule has 2 N–H and O–H groups in total. The SMILES string of the molecule is CN(C)C(=O)c1ccc(NC(=O)CCNS(=O)(=O)c2ccc3c(c2)CCCC3)cc1. The lowest BCUT2D eigenvalue weighted by molar-refractivity contribution is -0.116. The Kier molecular flexibility index (Phi) is 6.89. The van der Waals surface area contributed by atoms with Crippen molar-refractivity contribution in [3.05, 3.63) is 59.2 Å². The van der Waals surface area contributed by atoms with Crippen LogP contribution in [0.3, 0.4) is 0 Å². The minimum Gasteiger partial charge on any atom is -0.345 e. The second-order valence-electron chi connectivity index (χ2n) is 7.61. The first-order chi connectivity index (χ1) is 14.3. The van der Waals surface area contributed by atoms with Crippen LogP contribution in [0.1, 0.15) is 40.7 Å². The summed E-state index contributed by atoms with van der Waals surface area (Å²) in [7, 11) is -0.318. The summed E-state index contributed by atoms with van der Waals surface area (Å²) in [5.41, 5.74) is 3.39. The average molecular weight is 430 g/mol. The maximum atomic E-state index is 12.5. The summed E-state index contributed by atoms with van der Waals surface area (Å²) in [6.45, 7) is 0.00243. The van der Waals surface area contributed by atoms with Gasteiger partial charge in [0.15, 0.2) is 0 Å². The van der Waals surface area contributed by atoms with Crippen molar-refractivity contribution in [1.29, 1.82) is 0 Å². The highest BCUT2D eigenvalue weighted by Crippen LogP contribution is 2.24. The van der Waals surface area contributed by atoms with Crippen LogP contribution in [0.2, 0.25) is 0 Å². The van der Waals surface area contributed by atoms with Crippen molar-refractivity contribution in [2.45, 2.75) is 37.0 Å². The maximum Gasteiger partial charge on any atom is 0.253 e.